The number of fused-ring (bicyclic) bond motifs is 6. The van der Waals surface area contributed by atoms with Gasteiger partial charge in [0.15, 0.2) is 0 Å². The van der Waals surface area contributed by atoms with Crippen LogP contribution in [-0.4, -0.2) is 14.1 Å². The average molecular weight is 1170 g/mol. The summed E-state index contributed by atoms with van der Waals surface area (Å²) in [4.78, 5) is 5.34. The van der Waals surface area contributed by atoms with Crippen molar-refractivity contribution in [1.82, 2.24) is 14.1 Å². The van der Waals surface area contributed by atoms with Gasteiger partial charge >= 0.3 is 0 Å². The summed E-state index contributed by atoms with van der Waals surface area (Å²) in [7, 11) is 0. The molecule has 0 unspecified atom stereocenters. The number of benzene rings is 11. The lowest BCUT2D eigenvalue weighted by molar-refractivity contribution is 1.13. The summed E-state index contributed by atoms with van der Waals surface area (Å²) >= 11 is 0. The van der Waals surface area contributed by atoms with Gasteiger partial charge in [-0.2, -0.15) is 47.4 Å². The molecule has 0 saturated heterocycles. The minimum atomic E-state index is 0.315. The highest BCUT2D eigenvalue weighted by Crippen LogP contribution is 2.47. The van der Waals surface area contributed by atoms with Gasteiger partial charge in [-0.15, -0.1) is 0 Å². The summed E-state index contributed by atoms with van der Waals surface area (Å²) in [5, 5.41) is 95.7. The molecule has 0 aliphatic rings. The number of hydrogen-bond acceptors (Lipinski definition) is 10. The fourth-order valence-corrected chi connectivity index (χ4v) is 12.5. The third-order valence-corrected chi connectivity index (χ3v) is 16.6. The number of aromatic nitrogens is 3. The summed E-state index contributed by atoms with van der Waals surface area (Å²) in [5.74, 6) is 0. The summed E-state index contributed by atoms with van der Waals surface area (Å²) < 4.78 is 4.30. The summed E-state index contributed by atoms with van der Waals surface area (Å²) in [6.07, 6.45) is 0. The lowest BCUT2D eigenvalue weighted by Gasteiger charge is -2.22. The van der Waals surface area contributed by atoms with Crippen molar-refractivity contribution in [1.29, 1.82) is 47.4 Å². The van der Waals surface area contributed by atoms with E-state index in [0.717, 1.165) is 82.6 Å². The molecule has 418 valence electrons. The van der Waals surface area contributed by atoms with Gasteiger partial charge < -0.3 is 9.13 Å². The molecule has 92 heavy (non-hydrogen) atoms. The fraction of sp³-hybridized carbons (Fsp3) is 0. The van der Waals surface area contributed by atoms with Crippen LogP contribution in [-0.2, 0) is 0 Å². The highest BCUT2D eigenvalue weighted by atomic mass is 15.0. The molecule has 0 atom stereocenters. The van der Waals surface area contributed by atoms with Crippen LogP contribution < -0.4 is 0 Å². The van der Waals surface area contributed by atoms with Gasteiger partial charge in [-0.05, 0) is 196 Å². The molecule has 0 bridgehead atoms. The van der Waals surface area contributed by atoms with E-state index in [0.29, 0.717) is 101 Å². The van der Waals surface area contributed by atoms with E-state index < -0.39 is 0 Å². The van der Waals surface area contributed by atoms with E-state index in [-0.39, 0.29) is 0 Å². The quantitative estimate of drug-likeness (QED) is 0.132. The SMILES string of the molecule is N#Cc1cc(C#N)cc(-c2ccc3c(c2)c2cc(-c4cc(C#N)cc(C#N)c4)ccc2n3-c2cc(C#N)cc(-n3c4ccc(-c5cc(C#N)cc(C#N)c5)cc4c4cc(-c5cc(C#N)cc(C#N)c5)ccc43)c2-c2cc(-c3ccccc3)nc(-c3ccccc3)c2)c1. The largest absolute Gasteiger partial charge is 0.308 e. The molecule has 0 saturated carbocycles. The van der Waals surface area contributed by atoms with Crippen molar-refractivity contribution in [3.8, 4) is 144 Å². The second-order valence-electron chi connectivity index (χ2n) is 22.0. The average Bonchev–Trinajstić information content (AvgIpc) is 1.65. The van der Waals surface area contributed by atoms with Crippen LogP contribution in [0.25, 0.3) is 133 Å². The van der Waals surface area contributed by atoms with Gasteiger partial charge in [0, 0.05) is 38.2 Å². The van der Waals surface area contributed by atoms with Crippen molar-refractivity contribution >= 4 is 43.6 Å². The monoisotopic (exact) mass is 1170 g/mol. The van der Waals surface area contributed by atoms with Crippen LogP contribution in [0.2, 0.25) is 0 Å². The van der Waals surface area contributed by atoms with Gasteiger partial charge in [0.2, 0.25) is 0 Å². The maximum Gasteiger partial charge on any atom is 0.0993 e. The molecule has 0 N–H and O–H groups in total. The first-order valence-corrected chi connectivity index (χ1v) is 28.8. The lowest BCUT2D eigenvalue weighted by Crippen LogP contribution is -2.06. The fourth-order valence-electron chi connectivity index (χ4n) is 12.5. The zero-order valence-corrected chi connectivity index (χ0v) is 48.3. The molecule has 12 nitrogen and oxygen atoms in total. The van der Waals surface area contributed by atoms with E-state index in [9.17, 15) is 47.4 Å². The molecule has 11 aromatic carbocycles. The first kappa shape index (κ1) is 55.5. The van der Waals surface area contributed by atoms with Crippen molar-refractivity contribution in [3.05, 3.63) is 281 Å². The zero-order chi connectivity index (χ0) is 63.1. The highest BCUT2D eigenvalue weighted by molar-refractivity contribution is 6.15. The normalized spacial score (nSPS) is 10.7. The van der Waals surface area contributed by atoms with Crippen LogP contribution in [0.4, 0.5) is 0 Å². The molecular weight excluding hydrogens is 1130 g/mol. The van der Waals surface area contributed by atoms with Crippen molar-refractivity contribution in [3.63, 3.8) is 0 Å². The Hall–Kier alpha value is -14.4. The molecular formula is C80H38N12. The van der Waals surface area contributed by atoms with Crippen molar-refractivity contribution in [2.45, 2.75) is 0 Å². The number of nitrogens with zero attached hydrogens (tertiary/aromatic N) is 12. The van der Waals surface area contributed by atoms with Gasteiger partial charge in [-0.1, -0.05) is 84.9 Å². The predicted octanol–water partition coefficient (Wildman–Crippen LogP) is 17.8. The maximum absolute atomic E-state index is 11.5. The van der Waals surface area contributed by atoms with Crippen molar-refractivity contribution in [2.75, 3.05) is 0 Å². The molecule has 3 heterocycles. The van der Waals surface area contributed by atoms with Crippen LogP contribution in [0, 0.1) is 102 Å². The smallest absolute Gasteiger partial charge is 0.0993 e. The standard InChI is InChI=1S/C80H38N12/c81-39-48-19-49(40-82)24-63(23-48)59-11-15-74-68(33-59)69-34-60(64-25-50(41-83)20-51(26-64)42-84)12-16-75(69)91(74)78-31-56(47-89)32-79(80(78)67-37-72(57-7-3-1-4-8-57)90-73(38-67)58-9-5-2-6-10-58)92-76-17-13-61(65-27-52(43-85)21-53(28-65)44-86)35-70(76)71-36-62(14-18-77(71)92)66-29-54(45-87)22-55(30-66)46-88/h1-38H. The molecule has 3 aromatic heterocycles. The second kappa shape index (κ2) is 22.8. The van der Waals surface area contributed by atoms with E-state index in [1.807, 2.05) is 146 Å². The minimum Gasteiger partial charge on any atom is -0.308 e. The van der Waals surface area contributed by atoms with E-state index in [4.69, 9.17) is 4.98 Å². The Balaban J connectivity index is 1.14. The molecule has 0 aliphatic carbocycles. The summed E-state index contributed by atoms with van der Waals surface area (Å²) in [5.41, 5.74) is 17.0. The second-order valence-corrected chi connectivity index (χ2v) is 22.0. The van der Waals surface area contributed by atoms with Crippen LogP contribution >= 0.6 is 0 Å². The molecule has 0 aliphatic heterocycles. The first-order chi connectivity index (χ1) is 45.1. The van der Waals surface area contributed by atoms with Gasteiger partial charge in [0.1, 0.15) is 0 Å². The van der Waals surface area contributed by atoms with E-state index >= 15 is 0 Å². The Morgan fingerprint density at radius 2 is 0.467 bits per heavy atom. The third kappa shape index (κ3) is 9.76. The summed E-state index contributed by atoms with van der Waals surface area (Å²) in [6, 6.07) is 92.1. The molecule has 0 fully saturated rings. The Bertz CT molecular complexity index is 5200. The van der Waals surface area contributed by atoms with Crippen molar-refractivity contribution < 1.29 is 0 Å². The lowest BCUT2D eigenvalue weighted by atomic mass is 9.95. The number of hydrogen-bond donors (Lipinski definition) is 0. The molecule has 0 radical (unpaired) electrons. The zero-order valence-electron chi connectivity index (χ0n) is 48.3. The van der Waals surface area contributed by atoms with Crippen LogP contribution in [0.5, 0.6) is 0 Å². The minimum absolute atomic E-state index is 0.315. The molecule has 14 rings (SSSR count). The van der Waals surface area contributed by atoms with Crippen LogP contribution in [0.1, 0.15) is 50.1 Å². The number of rotatable bonds is 9. The van der Waals surface area contributed by atoms with E-state index in [2.05, 4.69) is 75.9 Å². The topological polar surface area (TPSA) is 237 Å². The number of nitriles is 9. The van der Waals surface area contributed by atoms with E-state index in [1.54, 1.807) is 72.8 Å². The van der Waals surface area contributed by atoms with Crippen molar-refractivity contribution in [2.24, 2.45) is 0 Å². The van der Waals surface area contributed by atoms with E-state index in [1.165, 1.54) is 0 Å². The molecule has 14 aromatic rings. The highest BCUT2D eigenvalue weighted by Gasteiger charge is 2.26. The maximum atomic E-state index is 11.5. The van der Waals surface area contributed by atoms with Gasteiger partial charge in [-0.3, -0.25) is 0 Å². The summed E-state index contributed by atoms with van der Waals surface area (Å²) in [6.45, 7) is 0. The Labute approximate surface area is 527 Å². The molecule has 0 spiro atoms. The first-order valence-electron chi connectivity index (χ1n) is 28.8. The predicted molar refractivity (Wildman–Crippen MR) is 353 cm³/mol. The van der Waals surface area contributed by atoms with Gasteiger partial charge in [0.25, 0.3) is 0 Å². The van der Waals surface area contributed by atoms with Gasteiger partial charge in [0.05, 0.1) is 150 Å². The Morgan fingerprint density at radius 1 is 0.217 bits per heavy atom. The Morgan fingerprint density at radius 3 is 0.717 bits per heavy atom. The Kier molecular flexibility index (Phi) is 13.7. The number of pyridine rings is 1. The van der Waals surface area contributed by atoms with Crippen LogP contribution in [0.15, 0.2) is 231 Å². The molecule has 0 amide bonds. The third-order valence-electron chi connectivity index (χ3n) is 16.6. The van der Waals surface area contributed by atoms with Gasteiger partial charge in [-0.25, -0.2) is 4.98 Å². The molecule has 12 heteroatoms. The van der Waals surface area contributed by atoms with Crippen LogP contribution in [0.3, 0.4) is 0 Å².